The zero-order chi connectivity index (χ0) is 12.1. The molecule has 2 rings (SSSR count). The van der Waals surface area contributed by atoms with Crippen molar-refractivity contribution in [3.63, 3.8) is 0 Å². The molecule has 0 saturated heterocycles. The number of aromatic nitrogens is 2. The maximum Gasteiger partial charge on any atom is 0.131 e. The van der Waals surface area contributed by atoms with E-state index in [4.69, 9.17) is 0 Å². The molecule has 3 nitrogen and oxygen atoms in total. The summed E-state index contributed by atoms with van der Waals surface area (Å²) in [5.74, 6) is 0. The molecule has 0 aliphatic carbocycles. The van der Waals surface area contributed by atoms with Gasteiger partial charge in [-0.15, -0.1) is 10.2 Å². The molecular formula is C12H14BrN3S. The van der Waals surface area contributed by atoms with E-state index < -0.39 is 0 Å². The summed E-state index contributed by atoms with van der Waals surface area (Å²) in [6.07, 6.45) is 0.858. The lowest BCUT2D eigenvalue weighted by Crippen LogP contribution is -2.11. The molecule has 90 valence electrons. The van der Waals surface area contributed by atoms with Crippen molar-refractivity contribution in [1.82, 2.24) is 15.5 Å². The Morgan fingerprint density at radius 2 is 1.88 bits per heavy atom. The molecule has 0 fully saturated rings. The topological polar surface area (TPSA) is 37.8 Å². The van der Waals surface area contributed by atoms with Gasteiger partial charge in [0, 0.05) is 17.4 Å². The predicted octanol–water partition coefficient (Wildman–Crippen LogP) is 3.00. The van der Waals surface area contributed by atoms with Gasteiger partial charge in [-0.3, -0.25) is 0 Å². The third kappa shape index (κ3) is 3.87. The van der Waals surface area contributed by atoms with Crippen molar-refractivity contribution in [2.24, 2.45) is 0 Å². The summed E-state index contributed by atoms with van der Waals surface area (Å²) in [7, 11) is 0. The number of hydrogen-bond donors (Lipinski definition) is 1. The molecule has 0 aliphatic heterocycles. The Morgan fingerprint density at radius 1 is 1.18 bits per heavy atom. The van der Waals surface area contributed by atoms with Gasteiger partial charge in [-0.25, -0.2) is 0 Å². The number of nitrogens with one attached hydrogen (secondary N) is 1. The van der Waals surface area contributed by atoms with Crippen molar-refractivity contribution < 1.29 is 0 Å². The van der Waals surface area contributed by atoms with Crippen LogP contribution in [0.4, 0.5) is 0 Å². The minimum atomic E-state index is 0.814. The van der Waals surface area contributed by atoms with E-state index in [1.165, 1.54) is 5.56 Å². The SMILES string of the molecule is CCNCc1nnc(Cc2ccc(Br)cc2)s1. The molecule has 2 aromatic rings. The Labute approximate surface area is 113 Å². The van der Waals surface area contributed by atoms with Gasteiger partial charge in [-0.1, -0.05) is 46.3 Å². The first-order valence-corrected chi connectivity index (χ1v) is 7.15. The van der Waals surface area contributed by atoms with Crippen LogP contribution in [0, 0.1) is 0 Å². The van der Waals surface area contributed by atoms with Crippen LogP contribution < -0.4 is 5.32 Å². The second-order valence-electron chi connectivity index (χ2n) is 3.67. The van der Waals surface area contributed by atoms with Crippen LogP contribution in [0.3, 0.4) is 0 Å². The van der Waals surface area contributed by atoms with E-state index in [9.17, 15) is 0 Å². The second kappa shape index (κ2) is 6.23. The third-order valence-electron chi connectivity index (χ3n) is 2.30. The van der Waals surface area contributed by atoms with E-state index in [2.05, 4.69) is 62.6 Å². The van der Waals surface area contributed by atoms with Crippen LogP contribution >= 0.6 is 27.3 Å². The van der Waals surface area contributed by atoms with Gasteiger partial charge in [0.25, 0.3) is 0 Å². The molecule has 17 heavy (non-hydrogen) atoms. The van der Waals surface area contributed by atoms with Crippen LogP contribution in [0.2, 0.25) is 0 Å². The van der Waals surface area contributed by atoms with E-state index >= 15 is 0 Å². The number of rotatable bonds is 5. The molecule has 1 aromatic heterocycles. The fourth-order valence-electron chi connectivity index (χ4n) is 1.44. The third-order valence-corrected chi connectivity index (χ3v) is 3.76. The molecule has 0 spiro atoms. The minimum Gasteiger partial charge on any atom is -0.311 e. The Bertz CT molecular complexity index is 467. The van der Waals surface area contributed by atoms with Gasteiger partial charge in [-0.05, 0) is 24.2 Å². The monoisotopic (exact) mass is 311 g/mol. The van der Waals surface area contributed by atoms with Gasteiger partial charge >= 0.3 is 0 Å². The summed E-state index contributed by atoms with van der Waals surface area (Å²) in [5.41, 5.74) is 1.26. The van der Waals surface area contributed by atoms with E-state index in [0.29, 0.717) is 0 Å². The predicted molar refractivity (Wildman–Crippen MR) is 74.2 cm³/mol. The molecular weight excluding hydrogens is 298 g/mol. The molecule has 0 amide bonds. The summed E-state index contributed by atoms with van der Waals surface area (Å²) in [6, 6.07) is 8.32. The molecule has 1 aromatic carbocycles. The first-order chi connectivity index (χ1) is 8.28. The Kier molecular flexibility index (Phi) is 4.65. The fourth-order valence-corrected chi connectivity index (χ4v) is 2.55. The van der Waals surface area contributed by atoms with Crippen LogP contribution in [-0.4, -0.2) is 16.7 Å². The summed E-state index contributed by atoms with van der Waals surface area (Å²) in [4.78, 5) is 0. The highest BCUT2D eigenvalue weighted by molar-refractivity contribution is 9.10. The van der Waals surface area contributed by atoms with Crippen molar-refractivity contribution >= 4 is 27.3 Å². The largest absolute Gasteiger partial charge is 0.311 e. The van der Waals surface area contributed by atoms with Crippen LogP contribution in [0.1, 0.15) is 22.5 Å². The lowest BCUT2D eigenvalue weighted by atomic mass is 10.2. The van der Waals surface area contributed by atoms with E-state index in [1.807, 2.05) is 0 Å². The quantitative estimate of drug-likeness (QED) is 0.922. The van der Waals surface area contributed by atoms with Crippen LogP contribution in [-0.2, 0) is 13.0 Å². The lowest BCUT2D eigenvalue weighted by Gasteiger charge is -1.97. The van der Waals surface area contributed by atoms with Crippen LogP contribution in [0.5, 0.6) is 0 Å². The fraction of sp³-hybridized carbons (Fsp3) is 0.333. The van der Waals surface area contributed by atoms with Crippen molar-refractivity contribution in [3.8, 4) is 0 Å². The van der Waals surface area contributed by atoms with Crippen molar-refractivity contribution in [1.29, 1.82) is 0 Å². The number of benzene rings is 1. The Morgan fingerprint density at radius 3 is 2.59 bits per heavy atom. The zero-order valence-corrected chi connectivity index (χ0v) is 12.0. The molecule has 0 unspecified atom stereocenters. The summed E-state index contributed by atoms with van der Waals surface area (Å²) < 4.78 is 1.10. The molecule has 0 aliphatic rings. The van der Waals surface area contributed by atoms with E-state index in [1.54, 1.807) is 11.3 Å². The standard InChI is InChI=1S/C12H14BrN3S/c1-2-14-8-12-16-15-11(17-12)7-9-3-5-10(13)6-4-9/h3-6,14H,2,7-8H2,1H3. The average Bonchev–Trinajstić information content (AvgIpc) is 2.77. The highest BCUT2D eigenvalue weighted by Crippen LogP contribution is 2.16. The number of nitrogens with zero attached hydrogens (tertiary/aromatic N) is 2. The van der Waals surface area contributed by atoms with Gasteiger partial charge in [-0.2, -0.15) is 0 Å². The first kappa shape index (κ1) is 12.7. The van der Waals surface area contributed by atoms with Gasteiger partial charge < -0.3 is 5.32 Å². The van der Waals surface area contributed by atoms with Gasteiger partial charge in [0.2, 0.25) is 0 Å². The Balaban J connectivity index is 1.98. The normalized spacial score (nSPS) is 10.7. The molecule has 5 heteroatoms. The highest BCUT2D eigenvalue weighted by Gasteiger charge is 2.04. The smallest absolute Gasteiger partial charge is 0.131 e. The molecule has 1 N–H and O–H groups in total. The highest BCUT2D eigenvalue weighted by atomic mass is 79.9. The second-order valence-corrected chi connectivity index (χ2v) is 5.74. The van der Waals surface area contributed by atoms with Crippen molar-refractivity contribution in [3.05, 3.63) is 44.3 Å². The molecule has 0 radical (unpaired) electrons. The summed E-state index contributed by atoms with van der Waals surface area (Å²) in [5, 5.41) is 13.7. The minimum absolute atomic E-state index is 0.814. The first-order valence-electron chi connectivity index (χ1n) is 5.54. The molecule has 1 heterocycles. The maximum atomic E-state index is 4.20. The maximum absolute atomic E-state index is 4.20. The van der Waals surface area contributed by atoms with Crippen LogP contribution in [0.15, 0.2) is 28.7 Å². The molecule has 0 atom stereocenters. The van der Waals surface area contributed by atoms with Crippen molar-refractivity contribution in [2.75, 3.05) is 6.54 Å². The van der Waals surface area contributed by atoms with Crippen LogP contribution in [0.25, 0.3) is 0 Å². The summed E-state index contributed by atoms with van der Waals surface area (Å²) in [6.45, 7) is 3.86. The average molecular weight is 312 g/mol. The van der Waals surface area contributed by atoms with Gasteiger partial charge in [0.1, 0.15) is 10.0 Å². The number of halogens is 1. The number of hydrogen-bond acceptors (Lipinski definition) is 4. The van der Waals surface area contributed by atoms with Gasteiger partial charge in [0.15, 0.2) is 0 Å². The van der Waals surface area contributed by atoms with Crippen molar-refractivity contribution in [2.45, 2.75) is 19.9 Å². The molecule has 0 saturated carbocycles. The van der Waals surface area contributed by atoms with Gasteiger partial charge in [0.05, 0.1) is 0 Å². The summed E-state index contributed by atoms with van der Waals surface area (Å²) >= 11 is 5.11. The zero-order valence-electron chi connectivity index (χ0n) is 9.61. The Hall–Kier alpha value is -0.780. The van der Waals surface area contributed by atoms with E-state index in [-0.39, 0.29) is 0 Å². The lowest BCUT2D eigenvalue weighted by molar-refractivity contribution is 0.714. The molecule has 0 bridgehead atoms. The van der Waals surface area contributed by atoms with E-state index in [0.717, 1.165) is 34.0 Å².